The lowest BCUT2D eigenvalue weighted by molar-refractivity contribution is 0.198. The van der Waals surface area contributed by atoms with Crippen molar-refractivity contribution in [2.24, 2.45) is 0 Å². The van der Waals surface area contributed by atoms with Crippen LogP contribution in [0.1, 0.15) is 17.2 Å². The van der Waals surface area contributed by atoms with Crippen molar-refractivity contribution in [3.8, 4) is 11.1 Å². The molecule has 0 radical (unpaired) electrons. The molecule has 2 aromatic carbocycles. The van der Waals surface area contributed by atoms with Crippen LogP contribution in [-0.2, 0) is 0 Å². The number of nitrogens with zero attached hydrogens (tertiary/aromatic N) is 2. The molecule has 29 heavy (non-hydrogen) atoms. The van der Waals surface area contributed by atoms with E-state index >= 15 is 0 Å². The molecule has 3 heterocycles. The van der Waals surface area contributed by atoms with Crippen molar-refractivity contribution in [3.05, 3.63) is 90.1 Å². The van der Waals surface area contributed by atoms with E-state index in [1.54, 1.807) is 12.1 Å². The maximum Gasteiger partial charge on any atom is 0.123 e. The number of pyridine rings is 1. The summed E-state index contributed by atoms with van der Waals surface area (Å²) >= 11 is 0. The molecule has 5 heteroatoms. The number of rotatable bonds is 4. The number of piperazine rings is 1. The predicted octanol–water partition coefficient (Wildman–Crippen LogP) is 4.36. The summed E-state index contributed by atoms with van der Waals surface area (Å²) in [6.45, 7) is 3.80. The monoisotopic (exact) mass is 386 g/mol. The second-order valence-corrected chi connectivity index (χ2v) is 7.53. The van der Waals surface area contributed by atoms with Crippen LogP contribution in [0, 0.1) is 5.82 Å². The Hall–Kier alpha value is -3.02. The highest BCUT2D eigenvalue weighted by Gasteiger charge is 2.24. The standard InChI is InChI=1S/C24H23FN4/c25-22-4-1-17(2-5-22)24(29-11-9-26-10-12-29)21-14-20(15-27-16-21)18-3-6-23-19(13-18)7-8-28-23/h1-8,13-16,24,26,28H,9-12H2. The van der Waals surface area contributed by atoms with Gasteiger partial charge in [-0.3, -0.25) is 9.88 Å². The first-order valence-electron chi connectivity index (χ1n) is 10.0. The Labute approximate surface area is 169 Å². The van der Waals surface area contributed by atoms with Crippen LogP contribution >= 0.6 is 0 Å². The molecule has 0 spiro atoms. The van der Waals surface area contributed by atoms with E-state index in [0.29, 0.717) is 0 Å². The number of halogens is 1. The van der Waals surface area contributed by atoms with Gasteiger partial charge >= 0.3 is 0 Å². The first kappa shape index (κ1) is 18.0. The minimum Gasteiger partial charge on any atom is -0.361 e. The first-order valence-corrected chi connectivity index (χ1v) is 10.0. The second-order valence-electron chi connectivity index (χ2n) is 7.53. The lowest BCUT2D eigenvalue weighted by Gasteiger charge is -2.35. The van der Waals surface area contributed by atoms with Gasteiger partial charge in [0.1, 0.15) is 5.82 Å². The third-order valence-electron chi connectivity index (χ3n) is 5.66. The van der Waals surface area contributed by atoms with E-state index in [1.165, 1.54) is 5.39 Å². The zero-order valence-corrected chi connectivity index (χ0v) is 16.1. The zero-order valence-electron chi connectivity index (χ0n) is 16.1. The van der Waals surface area contributed by atoms with Crippen molar-refractivity contribution < 1.29 is 4.39 Å². The molecule has 5 rings (SSSR count). The quantitative estimate of drug-likeness (QED) is 0.548. The van der Waals surface area contributed by atoms with E-state index in [4.69, 9.17) is 0 Å². The molecule has 0 aliphatic carbocycles. The summed E-state index contributed by atoms with van der Waals surface area (Å²) < 4.78 is 13.5. The maximum absolute atomic E-state index is 13.5. The molecule has 1 aliphatic rings. The first-order chi connectivity index (χ1) is 14.3. The smallest absolute Gasteiger partial charge is 0.123 e. The van der Waals surface area contributed by atoms with Gasteiger partial charge in [0.2, 0.25) is 0 Å². The molecule has 1 fully saturated rings. The number of H-pyrrole nitrogens is 1. The molecule has 0 amide bonds. The molecule has 1 aliphatic heterocycles. The number of hydrogen-bond acceptors (Lipinski definition) is 3. The van der Waals surface area contributed by atoms with E-state index in [-0.39, 0.29) is 11.9 Å². The van der Waals surface area contributed by atoms with Crippen molar-refractivity contribution in [2.45, 2.75) is 6.04 Å². The van der Waals surface area contributed by atoms with Crippen LogP contribution in [-0.4, -0.2) is 41.0 Å². The topological polar surface area (TPSA) is 44.0 Å². The number of fused-ring (bicyclic) bond motifs is 1. The van der Waals surface area contributed by atoms with Crippen LogP contribution in [0.4, 0.5) is 4.39 Å². The minimum absolute atomic E-state index is 0.0566. The molecule has 2 aromatic heterocycles. The molecule has 0 bridgehead atoms. The van der Waals surface area contributed by atoms with Gasteiger partial charge in [-0.05, 0) is 58.5 Å². The largest absolute Gasteiger partial charge is 0.361 e. The van der Waals surface area contributed by atoms with Crippen molar-refractivity contribution >= 4 is 10.9 Å². The number of benzene rings is 2. The number of aromatic amines is 1. The summed E-state index contributed by atoms with van der Waals surface area (Å²) in [6, 6.07) is 17.6. The lowest BCUT2D eigenvalue weighted by atomic mass is 9.95. The Bertz CT molecular complexity index is 1110. The lowest BCUT2D eigenvalue weighted by Crippen LogP contribution is -2.45. The van der Waals surface area contributed by atoms with Gasteiger partial charge in [0.05, 0.1) is 6.04 Å². The van der Waals surface area contributed by atoms with E-state index in [0.717, 1.165) is 53.9 Å². The van der Waals surface area contributed by atoms with Crippen LogP contribution in [0.3, 0.4) is 0 Å². The summed E-state index contributed by atoms with van der Waals surface area (Å²) in [4.78, 5) is 10.2. The molecule has 4 nitrogen and oxygen atoms in total. The molecular weight excluding hydrogens is 363 g/mol. The van der Waals surface area contributed by atoms with Gasteiger partial charge < -0.3 is 10.3 Å². The van der Waals surface area contributed by atoms with Crippen molar-refractivity contribution in [1.82, 2.24) is 20.2 Å². The fraction of sp³-hybridized carbons (Fsp3) is 0.208. The third-order valence-corrected chi connectivity index (χ3v) is 5.66. The summed E-state index contributed by atoms with van der Waals surface area (Å²) in [5.41, 5.74) is 5.58. The highest BCUT2D eigenvalue weighted by molar-refractivity contribution is 5.84. The Balaban J connectivity index is 1.56. The number of aromatic nitrogens is 2. The van der Waals surface area contributed by atoms with Crippen molar-refractivity contribution in [1.29, 1.82) is 0 Å². The van der Waals surface area contributed by atoms with Crippen LogP contribution in [0.2, 0.25) is 0 Å². The van der Waals surface area contributed by atoms with Gasteiger partial charge in [-0.2, -0.15) is 0 Å². The zero-order chi connectivity index (χ0) is 19.6. The van der Waals surface area contributed by atoms with Crippen molar-refractivity contribution in [2.75, 3.05) is 26.2 Å². The minimum atomic E-state index is -0.209. The van der Waals surface area contributed by atoms with E-state index in [1.807, 2.05) is 30.7 Å². The third kappa shape index (κ3) is 3.67. The van der Waals surface area contributed by atoms with Gasteiger partial charge in [0.15, 0.2) is 0 Å². The fourth-order valence-corrected chi connectivity index (χ4v) is 4.20. The fourth-order valence-electron chi connectivity index (χ4n) is 4.20. The second kappa shape index (κ2) is 7.78. The average Bonchev–Trinajstić information content (AvgIpc) is 3.24. The Kier molecular flexibility index (Phi) is 4.84. The Morgan fingerprint density at radius 1 is 0.862 bits per heavy atom. The number of nitrogens with one attached hydrogen (secondary N) is 2. The molecule has 1 atom stereocenters. The average molecular weight is 386 g/mol. The predicted molar refractivity (Wildman–Crippen MR) is 114 cm³/mol. The van der Waals surface area contributed by atoms with Crippen LogP contribution in [0.5, 0.6) is 0 Å². The highest BCUT2D eigenvalue weighted by Crippen LogP contribution is 2.32. The summed E-state index contributed by atoms with van der Waals surface area (Å²) in [7, 11) is 0. The molecule has 0 saturated carbocycles. The molecule has 1 unspecified atom stereocenters. The molecular formula is C24H23FN4. The molecule has 1 saturated heterocycles. The highest BCUT2D eigenvalue weighted by atomic mass is 19.1. The van der Waals surface area contributed by atoms with E-state index in [2.05, 4.69) is 50.5 Å². The maximum atomic E-state index is 13.5. The van der Waals surface area contributed by atoms with E-state index in [9.17, 15) is 4.39 Å². The SMILES string of the molecule is Fc1ccc(C(c2cncc(-c3ccc4[nH]ccc4c3)c2)N2CCNCC2)cc1. The van der Waals surface area contributed by atoms with Gasteiger partial charge in [0.25, 0.3) is 0 Å². The summed E-state index contributed by atoms with van der Waals surface area (Å²) in [5, 5.41) is 4.60. The van der Waals surface area contributed by atoms with Crippen LogP contribution in [0.25, 0.3) is 22.0 Å². The van der Waals surface area contributed by atoms with Crippen LogP contribution in [0.15, 0.2) is 73.2 Å². The van der Waals surface area contributed by atoms with E-state index < -0.39 is 0 Å². The Morgan fingerprint density at radius 2 is 1.69 bits per heavy atom. The van der Waals surface area contributed by atoms with Gasteiger partial charge in [-0.25, -0.2) is 4.39 Å². The van der Waals surface area contributed by atoms with Gasteiger partial charge in [-0.15, -0.1) is 0 Å². The molecule has 2 N–H and O–H groups in total. The van der Waals surface area contributed by atoms with Crippen molar-refractivity contribution in [3.63, 3.8) is 0 Å². The molecule has 4 aromatic rings. The van der Waals surface area contributed by atoms with Crippen LogP contribution < -0.4 is 5.32 Å². The van der Waals surface area contributed by atoms with Gasteiger partial charge in [0, 0.05) is 55.8 Å². The Morgan fingerprint density at radius 3 is 2.52 bits per heavy atom. The molecule has 146 valence electrons. The number of hydrogen-bond donors (Lipinski definition) is 2. The normalized spacial score (nSPS) is 16.2. The summed E-state index contributed by atoms with van der Waals surface area (Å²) in [6.07, 6.45) is 5.81. The summed E-state index contributed by atoms with van der Waals surface area (Å²) in [5.74, 6) is -0.209. The van der Waals surface area contributed by atoms with Gasteiger partial charge in [-0.1, -0.05) is 18.2 Å².